The molecule has 17 heavy (non-hydrogen) atoms. The smallest absolute Gasteiger partial charge is 0.193 e. The second kappa shape index (κ2) is 4.22. The molecule has 0 aliphatic heterocycles. The van der Waals surface area contributed by atoms with E-state index in [0.29, 0.717) is 6.61 Å². The van der Waals surface area contributed by atoms with Crippen LogP contribution in [0.5, 0.6) is 0 Å². The van der Waals surface area contributed by atoms with Crippen molar-refractivity contribution < 1.29 is 4.43 Å². The summed E-state index contributed by atoms with van der Waals surface area (Å²) in [5.74, 6) is 0. The molecule has 0 spiro atoms. The van der Waals surface area contributed by atoms with Crippen LogP contribution in [0.1, 0.15) is 26.5 Å². The molecule has 0 atom stereocenters. The predicted octanol–water partition coefficient (Wildman–Crippen LogP) is 3.92. The first-order valence-corrected chi connectivity index (χ1v) is 9.63. The van der Waals surface area contributed by atoms with Crippen LogP contribution in [0.4, 0.5) is 0 Å². The van der Waals surface area contributed by atoms with Gasteiger partial charge in [-0.2, -0.15) is 0 Å². The van der Waals surface area contributed by atoms with Crippen molar-refractivity contribution in [1.29, 1.82) is 0 Å². The third kappa shape index (κ3) is 2.61. The van der Waals surface area contributed by atoms with E-state index in [2.05, 4.69) is 49.4 Å². The average molecular weight is 268 g/mol. The van der Waals surface area contributed by atoms with Gasteiger partial charge in [0.25, 0.3) is 0 Å². The molecule has 0 bridgehead atoms. The molecule has 5 heteroatoms. The van der Waals surface area contributed by atoms with Crippen molar-refractivity contribution in [1.82, 2.24) is 9.38 Å². The van der Waals surface area contributed by atoms with Crippen LogP contribution in [0.3, 0.4) is 0 Å². The maximum Gasteiger partial charge on any atom is 0.193 e. The highest BCUT2D eigenvalue weighted by molar-refractivity contribution is 7.15. The second-order valence-electron chi connectivity index (χ2n) is 5.87. The second-order valence-corrected chi connectivity index (χ2v) is 11.6. The normalized spacial score (nSPS) is 13.5. The molecule has 0 aromatic carbocycles. The number of aromatic nitrogens is 2. The van der Waals surface area contributed by atoms with Gasteiger partial charge in [-0.05, 0) is 18.1 Å². The molecule has 0 aliphatic carbocycles. The summed E-state index contributed by atoms with van der Waals surface area (Å²) in [6, 6.07) is 0. The minimum atomic E-state index is -1.66. The van der Waals surface area contributed by atoms with Crippen molar-refractivity contribution >= 4 is 24.6 Å². The number of hydrogen-bond acceptors (Lipinski definition) is 3. The molecule has 2 aromatic heterocycles. The van der Waals surface area contributed by atoms with Crippen molar-refractivity contribution in [3.8, 4) is 0 Å². The summed E-state index contributed by atoms with van der Waals surface area (Å²) >= 11 is 1.65. The fourth-order valence-corrected chi connectivity index (χ4v) is 2.98. The Labute approximate surface area is 108 Å². The Balaban J connectivity index is 2.06. The highest BCUT2D eigenvalue weighted by Gasteiger charge is 2.37. The van der Waals surface area contributed by atoms with Gasteiger partial charge in [-0.15, -0.1) is 11.3 Å². The number of imidazole rings is 1. The zero-order valence-corrected chi connectivity index (χ0v) is 13.0. The van der Waals surface area contributed by atoms with E-state index in [4.69, 9.17) is 4.43 Å². The summed E-state index contributed by atoms with van der Waals surface area (Å²) < 4.78 is 8.20. The monoisotopic (exact) mass is 268 g/mol. The Bertz CT molecular complexity index is 481. The topological polar surface area (TPSA) is 26.5 Å². The van der Waals surface area contributed by atoms with Gasteiger partial charge < -0.3 is 4.43 Å². The number of nitrogens with zero attached hydrogens (tertiary/aromatic N) is 2. The van der Waals surface area contributed by atoms with Crippen LogP contribution in [-0.2, 0) is 11.0 Å². The van der Waals surface area contributed by atoms with Crippen molar-refractivity contribution in [3.63, 3.8) is 0 Å². The molecular formula is C12H20N2OSSi. The fraction of sp³-hybridized carbons (Fsp3) is 0.583. The number of fused-ring (bicyclic) bond motifs is 1. The maximum atomic E-state index is 6.15. The largest absolute Gasteiger partial charge is 0.411 e. The molecule has 0 radical (unpaired) electrons. The van der Waals surface area contributed by atoms with Crippen molar-refractivity contribution in [2.24, 2.45) is 0 Å². The molecule has 0 unspecified atom stereocenters. The summed E-state index contributed by atoms with van der Waals surface area (Å²) in [5.41, 5.74) is 1.03. The van der Waals surface area contributed by atoms with E-state index in [-0.39, 0.29) is 5.04 Å². The van der Waals surface area contributed by atoms with E-state index in [1.54, 1.807) is 11.3 Å². The van der Waals surface area contributed by atoms with Crippen molar-refractivity contribution in [3.05, 3.63) is 23.5 Å². The third-order valence-electron chi connectivity index (χ3n) is 3.53. The van der Waals surface area contributed by atoms with E-state index < -0.39 is 8.32 Å². The van der Waals surface area contributed by atoms with Gasteiger partial charge >= 0.3 is 0 Å². The van der Waals surface area contributed by atoms with Gasteiger partial charge in [0.2, 0.25) is 0 Å². The average Bonchev–Trinajstić information content (AvgIpc) is 2.71. The lowest BCUT2D eigenvalue weighted by atomic mass is 10.2. The summed E-state index contributed by atoms with van der Waals surface area (Å²) in [5, 5.41) is 2.30. The lowest BCUT2D eigenvalue weighted by Crippen LogP contribution is -2.40. The first-order chi connectivity index (χ1) is 7.79. The lowest BCUT2D eigenvalue weighted by molar-refractivity contribution is 0.272. The van der Waals surface area contributed by atoms with Gasteiger partial charge in [-0.25, -0.2) is 4.98 Å². The van der Waals surface area contributed by atoms with Gasteiger partial charge in [0.05, 0.1) is 12.3 Å². The molecule has 0 saturated heterocycles. The van der Waals surface area contributed by atoms with E-state index in [9.17, 15) is 0 Å². The molecule has 94 valence electrons. The van der Waals surface area contributed by atoms with Crippen LogP contribution < -0.4 is 0 Å². The first-order valence-electron chi connectivity index (χ1n) is 5.85. The van der Waals surface area contributed by atoms with Crippen molar-refractivity contribution in [2.75, 3.05) is 0 Å². The van der Waals surface area contributed by atoms with Crippen LogP contribution in [-0.4, -0.2) is 17.7 Å². The SMILES string of the molecule is CC(C)(C)[Si](C)(C)OCc1cn2ccsc2n1. The van der Waals surface area contributed by atoms with Crippen LogP contribution >= 0.6 is 11.3 Å². The summed E-state index contributed by atoms with van der Waals surface area (Å²) in [6.07, 6.45) is 4.09. The number of thiazole rings is 1. The quantitative estimate of drug-likeness (QED) is 0.789. The standard InChI is InChI=1S/C12H20N2OSSi/c1-12(2,3)17(4,5)15-9-10-8-14-6-7-16-11(14)13-10/h6-8H,9H2,1-5H3. The van der Waals surface area contributed by atoms with Crippen LogP contribution in [0, 0.1) is 0 Å². The lowest BCUT2D eigenvalue weighted by Gasteiger charge is -2.35. The Kier molecular flexibility index (Phi) is 3.18. The van der Waals surface area contributed by atoms with E-state index in [1.807, 2.05) is 11.6 Å². The van der Waals surface area contributed by atoms with Gasteiger partial charge in [-0.3, -0.25) is 4.40 Å². The zero-order chi connectivity index (χ0) is 12.7. The Morgan fingerprint density at radius 2 is 2.12 bits per heavy atom. The maximum absolute atomic E-state index is 6.15. The summed E-state index contributed by atoms with van der Waals surface area (Å²) in [7, 11) is -1.66. The molecule has 2 aromatic rings. The van der Waals surface area contributed by atoms with Crippen LogP contribution in [0.2, 0.25) is 18.1 Å². The van der Waals surface area contributed by atoms with Crippen LogP contribution in [0.15, 0.2) is 17.8 Å². The Morgan fingerprint density at radius 3 is 2.71 bits per heavy atom. The van der Waals surface area contributed by atoms with E-state index in [0.717, 1.165) is 10.7 Å². The van der Waals surface area contributed by atoms with Crippen LogP contribution in [0.25, 0.3) is 4.96 Å². The van der Waals surface area contributed by atoms with Gasteiger partial charge in [0, 0.05) is 17.8 Å². The summed E-state index contributed by atoms with van der Waals surface area (Å²) in [6.45, 7) is 11.9. The molecule has 0 aliphatic rings. The van der Waals surface area contributed by atoms with Gasteiger partial charge in [0.1, 0.15) is 0 Å². The van der Waals surface area contributed by atoms with E-state index in [1.165, 1.54) is 0 Å². The zero-order valence-electron chi connectivity index (χ0n) is 11.2. The van der Waals surface area contributed by atoms with Crippen molar-refractivity contribution in [2.45, 2.75) is 45.5 Å². The first kappa shape index (κ1) is 12.8. The molecule has 0 amide bonds. The molecule has 2 rings (SSSR count). The number of rotatable bonds is 3. The molecule has 0 saturated carbocycles. The van der Waals surface area contributed by atoms with E-state index >= 15 is 0 Å². The molecule has 0 fully saturated rings. The number of hydrogen-bond donors (Lipinski definition) is 0. The highest BCUT2D eigenvalue weighted by atomic mass is 32.1. The van der Waals surface area contributed by atoms with Gasteiger partial charge in [-0.1, -0.05) is 20.8 Å². The highest BCUT2D eigenvalue weighted by Crippen LogP contribution is 2.37. The predicted molar refractivity (Wildman–Crippen MR) is 75.1 cm³/mol. The Morgan fingerprint density at radius 1 is 1.41 bits per heavy atom. The minimum Gasteiger partial charge on any atom is -0.411 e. The van der Waals surface area contributed by atoms with Gasteiger partial charge in [0.15, 0.2) is 13.3 Å². The molecular weight excluding hydrogens is 248 g/mol. The summed E-state index contributed by atoms with van der Waals surface area (Å²) in [4.78, 5) is 5.58. The molecule has 3 nitrogen and oxygen atoms in total. The molecule has 0 N–H and O–H groups in total. The third-order valence-corrected chi connectivity index (χ3v) is 8.78. The fourth-order valence-electron chi connectivity index (χ4n) is 1.32. The minimum absolute atomic E-state index is 0.254. The molecule has 2 heterocycles. The Hall–Kier alpha value is -0.653.